The Morgan fingerprint density at radius 2 is 2.33 bits per heavy atom. The zero-order valence-electron chi connectivity index (χ0n) is 10.4. The van der Waals surface area contributed by atoms with Crippen LogP contribution < -0.4 is 5.32 Å². The second kappa shape index (κ2) is 6.88. The van der Waals surface area contributed by atoms with Crippen molar-refractivity contribution >= 4 is 22.9 Å². The Kier molecular flexibility index (Phi) is 5.17. The maximum atomic E-state index is 6.07. The van der Waals surface area contributed by atoms with Gasteiger partial charge in [-0.15, -0.1) is 11.3 Å². The second-order valence-corrected chi connectivity index (χ2v) is 5.61. The van der Waals surface area contributed by atoms with E-state index in [0.29, 0.717) is 5.92 Å². The third-order valence-electron chi connectivity index (χ3n) is 2.87. The monoisotopic (exact) mass is 280 g/mol. The molecule has 0 spiro atoms. The van der Waals surface area contributed by atoms with Gasteiger partial charge in [0.1, 0.15) is 0 Å². The molecule has 0 radical (unpaired) electrons. The Hall–Kier alpha value is -0.900. The number of nitrogens with zero attached hydrogens (tertiary/aromatic N) is 1. The lowest BCUT2D eigenvalue weighted by atomic mass is 9.96. The van der Waals surface area contributed by atoms with E-state index in [4.69, 9.17) is 11.6 Å². The highest BCUT2D eigenvalue weighted by molar-refractivity contribution is 7.09. The van der Waals surface area contributed by atoms with E-state index in [1.807, 2.05) is 23.7 Å². The summed E-state index contributed by atoms with van der Waals surface area (Å²) >= 11 is 7.78. The molecule has 1 aromatic heterocycles. The smallest absolute Gasteiger partial charge is 0.0931 e. The number of likely N-dealkylation sites (N-methyl/N-ethyl adjacent to an activating group) is 1. The van der Waals surface area contributed by atoms with Crippen molar-refractivity contribution < 1.29 is 0 Å². The highest BCUT2D eigenvalue weighted by Gasteiger charge is 2.13. The lowest BCUT2D eigenvalue weighted by molar-refractivity contribution is 0.594. The molecule has 18 heavy (non-hydrogen) atoms. The summed E-state index contributed by atoms with van der Waals surface area (Å²) in [6.45, 7) is 4.06. The van der Waals surface area contributed by atoms with E-state index in [-0.39, 0.29) is 0 Å². The Morgan fingerprint density at radius 3 is 3.00 bits per heavy atom. The SMILES string of the molecule is CCNCC(Cc1nccs1)c1cccc(Cl)c1. The van der Waals surface area contributed by atoms with Crippen LogP contribution in [0, 0.1) is 0 Å². The highest BCUT2D eigenvalue weighted by atomic mass is 35.5. The van der Waals surface area contributed by atoms with E-state index in [0.717, 1.165) is 24.5 Å². The summed E-state index contributed by atoms with van der Waals surface area (Å²) in [6.07, 6.45) is 2.83. The average molecular weight is 281 g/mol. The van der Waals surface area contributed by atoms with Crippen LogP contribution in [0.25, 0.3) is 0 Å². The van der Waals surface area contributed by atoms with Crippen molar-refractivity contribution in [3.05, 3.63) is 51.4 Å². The number of aromatic nitrogens is 1. The van der Waals surface area contributed by atoms with Crippen LogP contribution in [0.1, 0.15) is 23.4 Å². The van der Waals surface area contributed by atoms with Crippen LogP contribution in [-0.4, -0.2) is 18.1 Å². The molecule has 1 aromatic carbocycles. The first-order valence-electron chi connectivity index (χ1n) is 6.14. The Balaban J connectivity index is 2.13. The maximum Gasteiger partial charge on any atom is 0.0931 e. The molecule has 1 N–H and O–H groups in total. The molecule has 0 saturated carbocycles. The molecular formula is C14H17ClN2S. The number of thiazole rings is 1. The molecule has 0 fully saturated rings. The summed E-state index contributed by atoms with van der Waals surface area (Å²) in [5.74, 6) is 0.426. The number of halogens is 1. The molecular weight excluding hydrogens is 264 g/mol. The molecule has 2 nitrogen and oxygen atoms in total. The van der Waals surface area contributed by atoms with Crippen LogP contribution >= 0.6 is 22.9 Å². The highest BCUT2D eigenvalue weighted by Crippen LogP contribution is 2.24. The number of hydrogen-bond acceptors (Lipinski definition) is 3. The summed E-state index contributed by atoms with van der Waals surface area (Å²) < 4.78 is 0. The number of hydrogen-bond donors (Lipinski definition) is 1. The predicted octanol–water partition coefficient (Wildman–Crippen LogP) is 3.73. The first-order valence-corrected chi connectivity index (χ1v) is 7.40. The van der Waals surface area contributed by atoms with E-state index in [1.54, 1.807) is 11.3 Å². The predicted molar refractivity (Wildman–Crippen MR) is 78.6 cm³/mol. The minimum absolute atomic E-state index is 0.426. The zero-order chi connectivity index (χ0) is 12.8. The number of benzene rings is 1. The van der Waals surface area contributed by atoms with E-state index in [1.165, 1.54) is 10.6 Å². The summed E-state index contributed by atoms with van der Waals surface area (Å²) in [6, 6.07) is 8.12. The van der Waals surface area contributed by atoms with Gasteiger partial charge in [-0.3, -0.25) is 0 Å². The van der Waals surface area contributed by atoms with Crippen LogP contribution in [0.15, 0.2) is 35.8 Å². The van der Waals surface area contributed by atoms with Gasteiger partial charge in [0.2, 0.25) is 0 Å². The van der Waals surface area contributed by atoms with Gasteiger partial charge in [0.25, 0.3) is 0 Å². The molecule has 2 aromatic rings. The topological polar surface area (TPSA) is 24.9 Å². The van der Waals surface area contributed by atoms with Crippen molar-refractivity contribution in [2.75, 3.05) is 13.1 Å². The van der Waals surface area contributed by atoms with E-state index < -0.39 is 0 Å². The summed E-state index contributed by atoms with van der Waals surface area (Å²) in [4.78, 5) is 4.37. The molecule has 0 saturated heterocycles. The van der Waals surface area contributed by atoms with Gasteiger partial charge in [0, 0.05) is 35.5 Å². The molecule has 0 aliphatic rings. The van der Waals surface area contributed by atoms with Crippen LogP contribution in [0.3, 0.4) is 0 Å². The standard InChI is InChI=1S/C14H17ClN2S/c1-2-16-10-12(9-14-17-6-7-18-14)11-4-3-5-13(15)8-11/h3-8,12,16H,2,9-10H2,1H3. The molecule has 96 valence electrons. The third-order valence-corrected chi connectivity index (χ3v) is 3.90. The summed E-state index contributed by atoms with van der Waals surface area (Å²) in [5, 5.41) is 7.42. The molecule has 0 aliphatic heterocycles. The maximum absolute atomic E-state index is 6.07. The third kappa shape index (κ3) is 3.80. The fraction of sp³-hybridized carbons (Fsp3) is 0.357. The Morgan fingerprint density at radius 1 is 1.44 bits per heavy atom. The van der Waals surface area contributed by atoms with Gasteiger partial charge in [-0.2, -0.15) is 0 Å². The lowest BCUT2D eigenvalue weighted by Gasteiger charge is -2.17. The van der Waals surface area contributed by atoms with Crippen molar-refractivity contribution in [2.45, 2.75) is 19.3 Å². The minimum atomic E-state index is 0.426. The van der Waals surface area contributed by atoms with Crippen LogP contribution in [0.2, 0.25) is 5.02 Å². The second-order valence-electron chi connectivity index (χ2n) is 4.19. The Bertz CT molecular complexity index is 470. The van der Waals surface area contributed by atoms with Crippen molar-refractivity contribution in [2.24, 2.45) is 0 Å². The number of nitrogens with one attached hydrogen (secondary N) is 1. The fourth-order valence-electron chi connectivity index (χ4n) is 1.95. The van der Waals surface area contributed by atoms with Crippen LogP contribution in [-0.2, 0) is 6.42 Å². The van der Waals surface area contributed by atoms with Crippen molar-refractivity contribution in [3.63, 3.8) is 0 Å². The lowest BCUT2D eigenvalue weighted by Crippen LogP contribution is -2.22. The van der Waals surface area contributed by atoms with Crippen molar-refractivity contribution in [1.29, 1.82) is 0 Å². The minimum Gasteiger partial charge on any atom is -0.316 e. The van der Waals surface area contributed by atoms with Gasteiger partial charge in [-0.1, -0.05) is 30.7 Å². The van der Waals surface area contributed by atoms with Gasteiger partial charge >= 0.3 is 0 Å². The van der Waals surface area contributed by atoms with Gasteiger partial charge in [-0.05, 0) is 24.2 Å². The molecule has 1 heterocycles. The van der Waals surface area contributed by atoms with Crippen molar-refractivity contribution in [3.8, 4) is 0 Å². The van der Waals surface area contributed by atoms with E-state index in [9.17, 15) is 0 Å². The largest absolute Gasteiger partial charge is 0.316 e. The molecule has 2 rings (SSSR count). The van der Waals surface area contributed by atoms with Crippen LogP contribution in [0.5, 0.6) is 0 Å². The fourth-order valence-corrected chi connectivity index (χ4v) is 2.85. The molecule has 1 atom stereocenters. The first kappa shape index (κ1) is 13.5. The molecule has 4 heteroatoms. The van der Waals surface area contributed by atoms with Gasteiger partial charge in [-0.25, -0.2) is 4.98 Å². The quantitative estimate of drug-likeness (QED) is 0.872. The molecule has 0 amide bonds. The van der Waals surface area contributed by atoms with Crippen molar-refractivity contribution in [1.82, 2.24) is 10.3 Å². The summed E-state index contributed by atoms with van der Waals surface area (Å²) in [7, 11) is 0. The van der Waals surface area contributed by atoms with E-state index >= 15 is 0 Å². The summed E-state index contributed by atoms with van der Waals surface area (Å²) in [5.41, 5.74) is 1.28. The van der Waals surface area contributed by atoms with Gasteiger partial charge in [0.05, 0.1) is 5.01 Å². The molecule has 1 unspecified atom stereocenters. The Labute approximate surface area is 117 Å². The average Bonchev–Trinajstić information content (AvgIpc) is 2.87. The molecule has 0 aliphatic carbocycles. The normalized spacial score (nSPS) is 12.6. The van der Waals surface area contributed by atoms with E-state index in [2.05, 4.69) is 29.4 Å². The first-order chi connectivity index (χ1) is 8.79. The van der Waals surface area contributed by atoms with Gasteiger partial charge in [0.15, 0.2) is 0 Å². The molecule has 0 bridgehead atoms. The van der Waals surface area contributed by atoms with Gasteiger partial charge < -0.3 is 5.32 Å². The number of rotatable bonds is 6. The zero-order valence-corrected chi connectivity index (χ0v) is 12.0. The van der Waals surface area contributed by atoms with Crippen LogP contribution in [0.4, 0.5) is 0 Å².